The fourth-order valence-corrected chi connectivity index (χ4v) is 5.15. The third kappa shape index (κ3) is 5.27. The normalized spacial score (nSPS) is 22.6. The van der Waals surface area contributed by atoms with Crippen LogP contribution in [-0.2, 0) is 16.6 Å². The molecule has 4 aromatic rings. The summed E-state index contributed by atoms with van der Waals surface area (Å²) in [4.78, 5) is 18.5. The first kappa shape index (κ1) is 25.8. The number of rotatable bonds is 8. The van der Waals surface area contributed by atoms with Crippen LogP contribution in [0.3, 0.4) is 0 Å². The first-order valence-corrected chi connectivity index (χ1v) is 13.1. The number of aliphatic hydroxyl groups excluding tert-OH is 2. The summed E-state index contributed by atoms with van der Waals surface area (Å²) in [5, 5.41) is 22.7. The highest BCUT2D eigenvalue weighted by molar-refractivity contribution is 5.81. The van der Waals surface area contributed by atoms with Crippen LogP contribution >= 0.6 is 0 Å². The van der Waals surface area contributed by atoms with E-state index in [9.17, 15) is 10.2 Å². The lowest BCUT2D eigenvalue weighted by atomic mass is 9.86. The minimum Gasteiger partial charge on any atom is -0.387 e. The number of imidazole rings is 1. The first-order chi connectivity index (χ1) is 17.6. The molecule has 0 amide bonds. The van der Waals surface area contributed by atoms with Crippen LogP contribution in [0.1, 0.15) is 56.8 Å². The molecule has 4 heterocycles. The van der Waals surface area contributed by atoms with E-state index in [0.29, 0.717) is 17.7 Å². The van der Waals surface area contributed by atoms with Crippen LogP contribution in [-0.4, -0.2) is 78.1 Å². The smallest absolute Gasteiger partial charge is 0.165 e. The molecule has 1 aromatic carbocycles. The molecule has 5 rings (SSSR count). The Morgan fingerprint density at radius 1 is 1.08 bits per heavy atom. The predicted molar refractivity (Wildman–Crippen MR) is 143 cm³/mol. The van der Waals surface area contributed by atoms with E-state index in [4.69, 9.17) is 4.74 Å². The van der Waals surface area contributed by atoms with Gasteiger partial charge in [0.2, 0.25) is 0 Å². The van der Waals surface area contributed by atoms with Crippen molar-refractivity contribution in [3.63, 3.8) is 0 Å². The van der Waals surface area contributed by atoms with Crippen LogP contribution in [0, 0.1) is 6.92 Å². The van der Waals surface area contributed by atoms with Gasteiger partial charge < -0.3 is 24.8 Å². The average molecular weight is 507 g/mol. The number of aryl methyl sites for hydroxylation is 2. The Balaban J connectivity index is 1.13. The number of hydrogen-bond donors (Lipinski definition) is 3. The van der Waals surface area contributed by atoms with Crippen LogP contribution in [0.15, 0.2) is 36.9 Å². The molecule has 0 radical (unpaired) electrons. The summed E-state index contributed by atoms with van der Waals surface area (Å²) in [6, 6.07) is 8.95. The molecule has 9 heteroatoms. The van der Waals surface area contributed by atoms with Crippen molar-refractivity contribution in [3.05, 3.63) is 53.9 Å². The molecule has 9 nitrogen and oxygen atoms in total. The second-order valence-electron chi connectivity index (χ2n) is 11.4. The molecule has 0 saturated carbocycles. The number of fused-ring (bicyclic) bond motifs is 2. The minimum atomic E-state index is -1.06. The largest absolute Gasteiger partial charge is 0.387 e. The number of nitrogens with one attached hydrogen (secondary N) is 1. The van der Waals surface area contributed by atoms with Crippen LogP contribution < -0.4 is 0 Å². The molecule has 198 valence electrons. The fraction of sp³-hybridized carbons (Fsp3) is 0.536. The summed E-state index contributed by atoms with van der Waals surface area (Å²) < 4.78 is 7.79. The van der Waals surface area contributed by atoms with E-state index in [-0.39, 0.29) is 5.41 Å². The number of H-pyrrole nitrogens is 1. The molecule has 1 fully saturated rings. The Hall–Kier alpha value is -2.85. The zero-order valence-corrected chi connectivity index (χ0v) is 22.3. The van der Waals surface area contributed by atoms with E-state index in [2.05, 4.69) is 69.9 Å². The van der Waals surface area contributed by atoms with Gasteiger partial charge in [-0.2, -0.15) is 0 Å². The number of aliphatic hydroxyl groups is 2. The van der Waals surface area contributed by atoms with Crippen molar-refractivity contribution in [2.75, 3.05) is 20.1 Å². The van der Waals surface area contributed by atoms with Crippen molar-refractivity contribution >= 4 is 22.1 Å². The van der Waals surface area contributed by atoms with Crippen LogP contribution in [0.4, 0.5) is 0 Å². The lowest BCUT2D eigenvalue weighted by Gasteiger charge is -2.22. The number of likely N-dealkylation sites (N-methyl/N-ethyl adjacent to an activating group) is 1. The highest BCUT2D eigenvalue weighted by Crippen LogP contribution is 2.32. The third-order valence-corrected chi connectivity index (χ3v) is 7.42. The van der Waals surface area contributed by atoms with Crippen LogP contribution in [0.5, 0.6) is 0 Å². The molecule has 1 aliphatic rings. The SMILES string of the molecule is Cc1ncnc2c1ncn2[C@@H]1OC(CN(C)CCCCc2cc3cc(C(C)(C)C)ccc3[nH]2)[C@@H](O)[C@H]1O. The van der Waals surface area contributed by atoms with Crippen molar-refractivity contribution in [1.82, 2.24) is 29.4 Å². The maximum atomic E-state index is 10.7. The van der Waals surface area contributed by atoms with Gasteiger partial charge in [-0.3, -0.25) is 4.57 Å². The predicted octanol–water partition coefficient (Wildman–Crippen LogP) is 3.49. The lowest BCUT2D eigenvalue weighted by Crippen LogP contribution is -2.38. The molecule has 3 N–H and O–H groups in total. The highest BCUT2D eigenvalue weighted by atomic mass is 16.6. The molecule has 1 aliphatic heterocycles. The van der Waals surface area contributed by atoms with Gasteiger partial charge in [-0.1, -0.05) is 26.8 Å². The van der Waals surface area contributed by atoms with Gasteiger partial charge >= 0.3 is 0 Å². The summed E-state index contributed by atoms with van der Waals surface area (Å²) in [6.07, 6.45) is 2.84. The number of aromatic amines is 1. The number of unbranched alkanes of at least 4 members (excludes halogenated alkanes) is 1. The van der Waals surface area contributed by atoms with Gasteiger partial charge in [-0.15, -0.1) is 0 Å². The molecule has 37 heavy (non-hydrogen) atoms. The van der Waals surface area contributed by atoms with Gasteiger partial charge in [0.25, 0.3) is 0 Å². The molecule has 1 saturated heterocycles. The zero-order valence-electron chi connectivity index (χ0n) is 22.3. The van der Waals surface area contributed by atoms with Gasteiger partial charge in [0.05, 0.1) is 12.0 Å². The van der Waals surface area contributed by atoms with Gasteiger partial charge in [-0.05, 0) is 74.3 Å². The monoisotopic (exact) mass is 506 g/mol. The van der Waals surface area contributed by atoms with Crippen molar-refractivity contribution in [2.24, 2.45) is 0 Å². The van der Waals surface area contributed by atoms with Gasteiger partial charge in [0.15, 0.2) is 11.9 Å². The molecular weight excluding hydrogens is 468 g/mol. The second kappa shape index (κ2) is 10.1. The fourth-order valence-electron chi connectivity index (χ4n) is 5.15. The standard InChI is InChI=1S/C28H38N6O3/c1-17-23-26(30-15-29-17)34(16-31-23)27-25(36)24(35)22(37-27)14-33(5)11-7-6-8-20-13-18-12-19(28(2,3)4)9-10-21(18)32-20/h9-10,12-13,15-16,22,24-25,27,32,35-36H,6-8,11,14H2,1-5H3/t22?,24-,25-,27-/m1/s1. The number of aromatic nitrogens is 5. The summed E-state index contributed by atoms with van der Waals surface area (Å²) in [5.41, 5.74) is 5.95. The van der Waals surface area contributed by atoms with E-state index in [1.165, 1.54) is 28.5 Å². The van der Waals surface area contributed by atoms with Gasteiger partial charge in [0.1, 0.15) is 30.2 Å². The third-order valence-electron chi connectivity index (χ3n) is 7.42. The maximum Gasteiger partial charge on any atom is 0.165 e. The van der Waals surface area contributed by atoms with Crippen molar-refractivity contribution in [3.8, 4) is 0 Å². The Labute approximate surface area is 217 Å². The molecule has 0 spiro atoms. The van der Waals surface area contributed by atoms with E-state index < -0.39 is 24.5 Å². The number of hydrogen-bond acceptors (Lipinski definition) is 7. The number of nitrogens with zero attached hydrogens (tertiary/aromatic N) is 5. The molecular formula is C28H38N6O3. The average Bonchev–Trinajstić information content (AvgIpc) is 3.53. The lowest BCUT2D eigenvalue weighted by molar-refractivity contribution is -0.0422. The molecule has 0 aliphatic carbocycles. The van der Waals surface area contributed by atoms with E-state index in [1.54, 1.807) is 10.9 Å². The molecule has 4 atom stereocenters. The van der Waals surface area contributed by atoms with Gasteiger partial charge in [0, 0.05) is 17.8 Å². The van der Waals surface area contributed by atoms with E-state index in [1.807, 2.05) is 14.0 Å². The zero-order chi connectivity index (χ0) is 26.3. The van der Waals surface area contributed by atoms with Crippen molar-refractivity contribution in [2.45, 2.75) is 76.9 Å². The van der Waals surface area contributed by atoms with Gasteiger partial charge in [-0.25, -0.2) is 15.0 Å². The summed E-state index contributed by atoms with van der Waals surface area (Å²) in [5.74, 6) is 0. The summed E-state index contributed by atoms with van der Waals surface area (Å²) >= 11 is 0. The maximum absolute atomic E-state index is 10.7. The Morgan fingerprint density at radius 3 is 2.68 bits per heavy atom. The first-order valence-electron chi connectivity index (χ1n) is 13.1. The van der Waals surface area contributed by atoms with E-state index >= 15 is 0 Å². The number of ether oxygens (including phenoxy) is 1. The summed E-state index contributed by atoms with van der Waals surface area (Å²) in [7, 11) is 2.02. The molecule has 3 aromatic heterocycles. The van der Waals surface area contributed by atoms with E-state index in [0.717, 1.165) is 31.5 Å². The van der Waals surface area contributed by atoms with Crippen molar-refractivity contribution < 1.29 is 14.9 Å². The Kier molecular flexibility index (Phi) is 7.06. The Bertz CT molecular complexity index is 1370. The minimum absolute atomic E-state index is 0.142. The highest BCUT2D eigenvalue weighted by Gasteiger charge is 2.44. The molecule has 1 unspecified atom stereocenters. The second-order valence-corrected chi connectivity index (χ2v) is 11.4. The number of benzene rings is 1. The summed E-state index contributed by atoms with van der Waals surface area (Å²) in [6.45, 7) is 9.98. The van der Waals surface area contributed by atoms with Crippen LogP contribution in [0.25, 0.3) is 22.1 Å². The quantitative estimate of drug-likeness (QED) is 0.314. The topological polar surface area (TPSA) is 112 Å². The van der Waals surface area contributed by atoms with Crippen molar-refractivity contribution in [1.29, 1.82) is 0 Å². The molecule has 0 bridgehead atoms. The Morgan fingerprint density at radius 2 is 1.89 bits per heavy atom. The van der Waals surface area contributed by atoms with Crippen LogP contribution in [0.2, 0.25) is 0 Å².